The Hall–Kier alpha value is -1.67. The minimum absolute atomic E-state index is 0.264. The zero-order valence-electron chi connectivity index (χ0n) is 12.3. The molecule has 0 amide bonds. The first-order valence-electron chi connectivity index (χ1n) is 6.92. The van der Waals surface area contributed by atoms with Crippen LogP contribution in [0.2, 0.25) is 0 Å². The van der Waals surface area contributed by atoms with E-state index in [1.54, 1.807) is 0 Å². The van der Waals surface area contributed by atoms with Crippen molar-refractivity contribution < 1.29 is 4.74 Å². The van der Waals surface area contributed by atoms with Crippen LogP contribution in [0.25, 0.3) is 0 Å². The van der Waals surface area contributed by atoms with Crippen LogP contribution < -0.4 is 21.5 Å². The highest BCUT2D eigenvalue weighted by Crippen LogP contribution is 2.16. The van der Waals surface area contributed by atoms with Gasteiger partial charge in [0, 0.05) is 19.1 Å². The van der Waals surface area contributed by atoms with Crippen molar-refractivity contribution in [2.45, 2.75) is 26.8 Å². The van der Waals surface area contributed by atoms with Crippen molar-refractivity contribution in [3.8, 4) is 0 Å². The van der Waals surface area contributed by atoms with Gasteiger partial charge in [0.05, 0.1) is 13.2 Å². The maximum absolute atomic E-state index is 5.43. The third-order valence-corrected chi connectivity index (χ3v) is 3.40. The van der Waals surface area contributed by atoms with E-state index in [1.165, 1.54) is 0 Å². The molecule has 4 N–H and O–H groups in total. The summed E-state index contributed by atoms with van der Waals surface area (Å²) in [4.78, 5) is 15.1. The molecule has 1 aromatic heterocycles. The van der Waals surface area contributed by atoms with Gasteiger partial charge in [-0.15, -0.1) is 0 Å². The van der Waals surface area contributed by atoms with Crippen LogP contribution in [0.3, 0.4) is 0 Å². The smallest absolute Gasteiger partial charge is 0.243 e. The van der Waals surface area contributed by atoms with Gasteiger partial charge in [0.1, 0.15) is 0 Å². The molecule has 0 aromatic carbocycles. The number of nitrogens with two attached hydrogens (primary N) is 1. The third-order valence-electron chi connectivity index (χ3n) is 3.40. The normalized spacial score (nSPS) is 17.1. The number of hydrogen-bond donors (Lipinski definition) is 3. The van der Waals surface area contributed by atoms with Gasteiger partial charge in [0.25, 0.3) is 0 Å². The van der Waals surface area contributed by atoms with E-state index in [0.717, 1.165) is 13.1 Å². The molecule has 1 unspecified atom stereocenters. The standard InChI is InChI=1S/C12H23N7O/c1-8(2)9(3)14-10-15-11(18-13)17-12(16-10)19-4-6-20-7-5-19/h8-9H,4-7,13H2,1-3H3,(H2,14,15,16,17,18). The van der Waals surface area contributed by atoms with Gasteiger partial charge >= 0.3 is 0 Å². The van der Waals surface area contributed by atoms with Crippen molar-refractivity contribution in [1.82, 2.24) is 15.0 Å². The summed E-state index contributed by atoms with van der Waals surface area (Å²) in [6.07, 6.45) is 0. The zero-order valence-corrected chi connectivity index (χ0v) is 12.3. The number of hydrazine groups is 1. The average molecular weight is 281 g/mol. The van der Waals surface area contributed by atoms with Crippen LogP contribution in [0.1, 0.15) is 20.8 Å². The Morgan fingerprint density at radius 1 is 1.10 bits per heavy atom. The molecule has 1 aliphatic rings. The summed E-state index contributed by atoms with van der Waals surface area (Å²) >= 11 is 0. The number of nitrogens with zero attached hydrogens (tertiary/aromatic N) is 4. The van der Waals surface area contributed by atoms with Crippen LogP contribution in [0.4, 0.5) is 17.8 Å². The number of ether oxygens (including phenoxy) is 1. The molecule has 8 heteroatoms. The Morgan fingerprint density at radius 3 is 2.35 bits per heavy atom. The minimum Gasteiger partial charge on any atom is -0.378 e. The van der Waals surface area contributed by atoms with Gasteiger partial charge < -0.3 is 15.0 Å². The lowest BCUT2D eigenvalue weighted by atomic mass is 10.1. The highest BCUT2D eigenvalue weighted by molar-refractivity contribution is 5.43. The molecule has 1 aliphatic heterocycles. The number of aromatic nitrogens is 3. The number of nitrogen functional groups attached to an aromatic ring is 1. The molecule has 20 heavy (non-hydrogen) atoms. The summed E-state index contributed by atoms with van der Waals surface area (Å²) in [7, 11) is 0. The third kappa shape index (κ3) is 3.67. The first-order valence-corrected chi connectivity index (χ1v) is 6.92. The van der Waals surface area contributed by atoms with Gasteiger partial charge in [-0.25, -0.2) is 5.84 Å². The molecule has 1 saturated heterocycles. The number of hydrogen-bond acceptors (Lipinski definition) is 8. The van der Waals surface area contributed by atoms with E-state index >= 15 is 0 Å². The number of nitrogens with one attached hydrogen (secondary N) is 2. The topological polar surface area (TPSA) is 101 Å². The van der Waals surface area contributed by atoms with Crippen molar-refractivity contribution >= 4 is 17.8 Å². The molecule has 0 radical (unpaired) electrons. The van der Waals surface area contributed by atoms with E-state index in [9.17, 15) is 0 Å². The van der Waals surface area contributed by atoms with Crippen molar-refractivity contribution in [2.75, 3.05) is 41.9 Å². The van der Waals surface area contributed by atoms with E-state index < -0.39 is 0 Å². The molecular formula is C12H23N7O. The quantitative estimate of drug-likeness (QED) is 0.528. The van der Waals surface area contributed by atoms with E-state index in [-0.39, 0.29) is 6.04 Å². The minimum atomic E-state index is 0.264. The molecule has 0 saturated carbocycles. The number of rotatable bonds is 5. The molecular weight excluding hydrogens is 258 g/mol. The first-order chi connectivity index (χ1) is 9.60. The van der Waals surface area contributed by atoms with E-state index in [0.29, 0.717) is 37.0 Å². The Labute approximate surface area is 119 Å². The first kappa shape index (κ1) is 14.7. The van der Waals surface area contributed by atoms with Gasteiger partial charge in [-0.05, 0) is 12.8 Å². The molecule has 2 rings (SSSR count). The zero-order chi connectivity index (χ0) is 14.5. The monoisotopic (exact) mass is 281 g/mol. The number of anilines is 3. The second-order valence-corrected chi connectivity index (χ2v) is 5.20. The van der Waals surface area contributed by atoms with Gasteiger partial charge in [-0.2, -0.15) is 15.0 Å². The molecule has 1 atom stereocenters. The van der Waals surface area contributed by atoms with Crippen molar-refractivity contribution in [2.24, 2.45) is 11.8 Å². The van der Waals surface area contributed by atoms with Crippen molar-refractivity contribution in [3.05, 3.63) is 0 Å². The summed E-state index contributed by atoms with van der Waals surface area (Å²) in [5, 5.41) is 3.28. The van der Waals surface area contributed by atoms with E-state index in [4.69, 9.17) is 10.6 Å². The molecule has 0 bridgehead atoms. The molecule has 1 aromatic rings. The molecule has 8 nitrogen and oxygen atoms in total. The summed E-state index contributed by atoms with van der Waals surface area (Å²) in [5.74, 6) is 7.43. The Kier molecular flexibility index (Phi) is 4.91. The lowest BCUT2D eigenvalue weighted by molar-refractivity contribution is 0.122. The number of morpholine rings is 1. The van der Waals surface area contributed by atoms with Crippen molar-refractivity contribution in [3.63, 3.8) is 0 Å². The molecule has 112 valence electrons. The van der Waals surface area contributed by atoms with Gasteiger partial charge in [-0.3, -0.25) is 5.43 Å². The van der Waals surface area contributed by atoms with Gasteiger partial charge in [-0.1, -0.05) is 13.8 Å². The summed E-state index contributed by atoms with van der Waals surface area (Å²) in [5.41, 5.74) is 2.49. The predicted molar refractivity (Wildman–Crippen MR) is 78.6 cm³/mol. The lowest BCUT2D eigenvalue weighted by Crippen LogP contribution is -2.38. The van der Waals surface area contributed by atoms with Crippen LogP contribution in [0.5, 0.6) is 0 Å². The highest BCUT2D eigenvalue weighted by Gasteiger charge is 2.17. The van der Waals surface area contributed by atoms with Crippen LogP contribution in [0, 0.1) is 5.92 Å². The van der Waals surface area contributed by atoms with E-state index in [1.807, 2.05) is 0 Å². The fraction of sp³-hybridized carbons (Fsp3) is 0.750. The van der Waals surface area contributed by atoms with Crippen LogP contribution in [0.15, 0.2) is 0 Å². The SMILES string of the molecule is CC(C)C(C)Nc1nc(NN)nc(N2CCOCC2)n1. The lowest BCUT2D eigenvalue weighted by Gasteiger charge is -2.27. The maximum Gasteiger partial charge on any atom is 0.243 e. The second-order valence-electron chi connectivity index (χ2n) is 5.20. The van der Waals surface area contributed by atoms with Crippen LogP contribution >= 0.6 is 0 Å². The maximum atomic E-state index is 5.43. The Morgan fingerprint density at radius 2 is 1.75 bits per heavy atom. The predicted octanol–water partition coefficient (Wildman–Crippen LogP) is 0.450. The summed E-state index contributed by atoms with van der Waals surface area (Å²) in [6, 6.07) is 0.264. The fourth-order valence-corrected chi connectivity index (χ4v) is 1.77. The summed E-state index contributed by atoms with van der Waals surface area (Å²) in [6.45, 7) is 9.29. The highest BCUT2D eigenvalue weighted by atomic mass is 16.5. The van der Waals surface area contributed by atoms with Crippen LogP contribution in [-0.4, -0.2) is 47.3 Å². The largest absolute Gasteiger partial charge is 0.378 e. The molecule has 0 spiro atoms. The van der Waals surface area contributed by atoms with Gasteiger partial charge in [0.2, 0.25) is 17.8 Å². The van der Waals surface area contributed by atoms with Gasteiger partial charge in [0.15, 0.2) is 0 Å². The second kappa shape index (κ2) is 6.67. The van der Waals surface area contributed by atoms with E-state index in [2.05, 4.69) is 51.4 Å². The summed E-state index contributed by atoms with van der Waals surface area (Å²) < 4.78 is 5.34. The molecule has 2 heterocycles. The average Bonchev–Trinajstić information content (AvgIpc) is 2.47. The fourth-order valence-electron chi connectivity index (χ4n) is 1.77. The Bertz CT molecular complexity index is 434. The molecule has 0 aliphatic carbocycles. The Balaban J connectivity index is 2.19. The molecule has 1 fully saturated rings. The van der Waals surface area contributed by atoms with Crippen LogP contribution in [-0.2, 0) is 4.74 Å². The van der Waals surface area contributed by atoms with Crippen molar-refractivity contribution in [1.29, 1.82) is 0 Å².